The van der Waals surface area contributed by atoms with Gasteiger partial charge in [0.05, 0.1) is 0 Å². The van der Waals surface area contributed by atoms with Gasteiger partial charge in [-0.15, -0.1) is 10.5 Å². The topological polar surface area (TPSA) is 66.0 Å². The van der Waals surface area contributed by atoms with Crippen molar-refractivity contribution < 1.29 is 9.47 Å². The fraction of sp³-hybridized carbons (Fsp3) is 0.231. The second kappa shape index (κ2) is 10.1. The van der Waals surface area contributed by atoms with Gasteiger partial charge < -0.3 is 9.47 Å². The molecule has 3 aromatic carbocycles. The summed E-state index contributed by atoms with van der Waals surface area (Å²) in [5.41, 5.74) is 5.06. The lowest BCUT2D eigenvalue weighted by atomic mass is 9.90. The quantitative estimate of drug-likeness (QED) is 0.432. The van der Waals surface area contributed by atoms with E-state index in [0.29, 0.717) is 23.3 Å². The average Bonchev–Trinajstić information content (AvgIpc) is 2.75. The van der Waals surface area contributed by atoms with Crippen LogP contribution in [0.25, 0.3) is 0 Å². The number of nitriles is 2. The van der Waals surface area contributed by atoms with E-state index in [2.05, 4.69) is 38.1 Å². The first-order chi connectivity index (χ1) is 14.6. The zero-order valence-corrected chi connectivity index (χ0v) is 17.2. The van der Waals surface area contributed by atoms with Crippen molar-refractivity contribution in [2.75, 3.05) is 0 Å². The molecule has 0 radical (unpaired) electrons. The monoisotopic (exact) mass is 396 g/mol. The average molecular weight is 396 g/mol. The summed E-state index contributed by atoms with van der Waals surface area (Å²) in [5.74, 6) is 1.86. The number of hydrogen-bond donors (Lipinski definition) is 0. The lowest BCUT2D eigenvalue weighted by molar-refractivity contribution is 0.506. The van der Waals surface area contributed by atoms with Crippen molar-refractivity contribution in [3.63, 3.8) is 0 Å². The second-order valence-corrected chi connectivity index (χ2v) is 7.56. The third kappa shape index (κ3) is 5.63. The smallest absolute Gasteiger partial charge is 0.292 e. The van der Waals surface area contributed by atoms with Gasteiger partial charge >= 0.3 is 0 Å². The Hall–Kier alpha value is -3.76. The summed E-state index contributed by atoms with van der Waals surface area (Å²) < 4.78 is 9.70. The minimum atomic E-state index is 0.362. The van der Waals surface area contributed by atoms with E-state index >= 15 is 0 Å². The molecular formula is C26H24N2O2. The Kier molecular flexibility index (Phi) is 7.09. The van der Waals surface area contributed by atoms with E-state index in [9.17, 15) is 0 Å². The summed E-state index contributed by atoms with van der Waals surface area (Å²) in [6.45, 7) is 4.42. The Balaban J connectivity index is 1.63. The van der Waals surface area contributed by atoms with E-state index < -0.39 is 0 Å². The van der Waals surface area contributed by atoms with Crippen LogP contribution < -0.4 is 9.47 Å². The third-order valence-corrected chi connectivity index (χ3v) is 5.30. The molecule has 0 amide bonds. The Morgan fingerprint density at radius 1 is 0.667 bits per heavy atom. The molecule has 30 heavy (non-hydrogen) atoms. The SMILES string of the molecule is C[C@H](Cc1cccc(C[C@H](C)c2ccc(OC#N)cc2)c1)c1ccc(OC#N)cc1. The van der Waals surface area contributed by atoms with Crippen molar-refractivity contribution in [1.82, 2.24) is 0 Å². The van der Waals surface area contributed by atoms with Gasteiger partial charge in [0.25, 0.3) is 12.5 Å². The largest absolute Gasteiger partial charge is 0.388 e. The van der Waals surface area contributed by atoms with Crippen molar-refractivity contribution in [1.29, 1.82) is 10.5 Å². The van der Waals surface area contributed by atoms with E-state index in [1.807, 2.05) is 48.5 Å². The van der Waals surface area contributed by atoms with Gasteiger partial charge in [-0.2, -0.15) is 0 Å². The first-order valence-corrected chi connectivity index (χ1v) is 9.98. The minimum absolute atomic E-state index is 0.362. The van der Waals surface area contributed by atoms with E-state index in [-0.39, 0.29) is 0 Å². The van der Waals surface area contributed by atoms with Crippen LogP contribution in [-0.4, -0.2) is 0 Å². The highest BCUT2D eigenvalue weighted by Gasteiger charge is 2.10. The molecule has 0 fully saturated rings. The molecule has 3 aromatic rings. The molecule has 0 aliphatic carbocycles. The first kappa shape index (κ1) is 21.0. The summed E-state index contributed by atoms with van der Waals surface area (Å²) in [4.78, 5) is 0. The van der Waals surface area contributed by atoms with Gasteiger partial charge in [0, 0.05) is 0 Å². The summed E-state index contributed by atoms with van der Waals surface area (Å²) >= 11 is 0. The first-order valence-electron chi connectivity index (χ1n) is 9.98. The van der Waals surface area contributed by atoms with Gasteiger partial charge in [0.2, 0.25) is 0 Å². The van der Waals surface area contributed by atoms with Crippen molar-refractivity contribution in [3.8, 4) is 24.0 Å². The zero-order valence-electron chi connectivity index (χ0n) is 17.2. The summed E-state index contributed by atoms with van der Waals surface area (Å²) in [6, 6.07) is 24.2. The molecule has 0 N–H and O–H groups in total. The van der Waals surface area contributed by atoms with Crippen LogP contribution in [0, 0.1) is 23.0 Å². The van der Waals surface area contributed by atoms with Crippen LogP contribution >= 0.6 is 0 Å². The normalized spacial score (nSPS) is 12.3. The molecule has 3 rings (SSSR count). The Bertz CT molecular complexity index is 961. The number of hydrogen-bond acceptors (Lipinski definition) is 4. The van der Waals surface area contributed by atoms with Crippen LogP contribution in [0.5, 0.6) is 11.5 Å². The highest BCUT2D eigenvalue weighted by Crippen LogP contribution is 2.26. The Morgan fingerprint density at radius 3 is 1.43 bits per heavy atom. The van der Waals surface area contributed by atoms with Crippen LogP contribution in [0.3, 0.4) is 0 Å². The molecule has 4 heteroatoms. The van der Waals surface area contributed by atoms with Crippen LogP contribution in [0.4, 0.5) is 0 Å². The summed E-state index contributed by atoms with van der Waals surface area (Å²) in [6.07, 6.45) is 5.28. The molecule has 150 valence electrons. The number of ether oxygens (including phenoxy) is 2. The van der Waals surface area contributed by atoms with Gasteiger partial charge in [-0.1, -0.05) is 62.4 Å². The summed E-state index contributed by atoms with van der Waals surface area (Å²) in [7, 11) is 0. The van der Waals surface area contributed by atoms with Gasteiger partial charge in [-0.05, 0) is 71.2 Å². The van der Waals surface area contributed by atoms with E-state index in [0.717, 1.165) is 12.8 Å². The molecule has 4 nitrogen and oxygen atoms in total. The molecule has 0 aliphatic rings. The molecule has 0 unspecified atom stereocenters. The van der Waals surface area contributed by atoms with E-state index in [4.69, 9.17) is 20.0 Å². The summed E-state index contributed by atoms with van der Waals surface area (Å²) in [5, 5.41) is 17.2. The molecular weight excluding hydrogens is 372 g/mol. The maximum absolute atomic E-state index is 8.60. The van der Waals surface area contributed by atoms with Gasteiger partial charge in [-0.3, -0.25) is 0 Å². The second-order valence-electron chi connectivity index (χ2n) is 7.56. The molecule has 2 atom stereocenters. The molecule has 0 saturated carbocycles. The van der Waals surface area contributed by atoms with Crippen molar-refractivity contribution in [2.24, 2.45) is 0 Å². The zero-order chi connectivity index (χ0) is 21.3. The fourth-order valence-corrected chi connectivity index (χ4v) is 3.66. The van der Waals surface area contributed by atoms with Crippen LogP contribution in [0.1, 0.15) is 47.9 Å². The van der Waals surface area contributed by atoms with Gasteiger partial charge in [0.1, 0.15) is 11.5 Å². The Morgan fingerprint density at radius 2 is 1.07 bits per heavy atom. The minimum Gasteiger partial charge on any atom is -0.388 e. The van der Waals surface area contributed by atoms with Crippen molar-refractivity contribution >= 4 is 0 Å². The number of benzene rings is 3. The highest BCUT2D eigenvalue weighted by atomic mass is 16.5. The van der Waals surface area contributed by atoms with E-state index in [1.165, 1.54) is 22.3 Å². The predicted molar refractivity (Wildman–Crippen MR) is 116 cm³/mol. The lowest BCUT2D eigenvalue weighted by Gasteiger charge is -2.15. The molecule has 0 spiro atoms. The van der Waals surface area contributed by atoms with Crippen LogP contribution in [0.2, 0.25) is 0 Å². The maximum atomic E-state index is 8.60. The van der Waals surface area contributed by atoms with E-state index in [1.54, 1.807) is 12.5 Å². The molecule has 0 heterocycles. The molecule has 0 aromatic heterocycles. The lowest BCUT2D eigenvalue weighted by Crippen LogP contribution is -2.02. The predicted octanol–water partition coefficient (Wildman–Crippen LogP) is 6.10. The maximum Gasteiger partial charge on any atom is 0.292 e. The van der Waals surface area contributed by atoms with Gasteiger partial charge in [-0.25, -0.2) is 0 Å². The van der Waals surface area contributed by atoms with Crippen LogP contribution in [0.15, 0.2) is 72.8 Å². The highest BCUT2D eigenvalue weighted by molar-refractivity contribution is 5.34. The standard InChI is InChI=1S/C26H24N2O2/c1-19(23-6-10-25(11-7-23)29-17-27)14-21-4-3-5-22(16-21)15-20(2)24-8-12-26(13-9-24)30-18-28/h3-13,16,19-20H,14-15H2,1-2H3/t19-,20+. The van der Waals surface area contributed by atoms with Gasteiger partial charge in [0.15, 0.2) is 0 Å². The van der Waals surface area contributed by atoms with Crippen LogP contribution in [-0.2, 0) is 12.8 Å². The van der Waals surface area contributed by atoms with Crippen molar-refractivity contribution in [3.05, 3.63) is 95.1 Å². The number of rotatable bonds is 8. The molecule has 0 aliphatic heterocycles. The fourth-order valence-electron chi connectivity index (χ4n) is 3.66. The molecule has 0 saturated heterocycles. The van der Waals surface area contributed by atoms with Crippen molar-refractivity contribution in [2.45, 2.75) is 38.5 Å². The number of nitrogens with zero attached hydrogens (tertiary/aromatic N) is 2. The Labute approximate surface area is 177 Å². The molecule has 0 bridgehead atoms. The third-order valence-electron chi connectivity index (χ3n) is 5.30.